The van der Waals surface area contributed by atoms with Gasteiger partial charge in [-0.1, -0.05) is 48.5 Å². The SMILES string of the molecule is COc1ccc(-c2cc(-c3ccc(F)cc3)c3c(N)c(C(=O)N(c4ccccc4)c4ccccc4)sc3n2)cc1. The lowest BCUT2D eigenvalue weighted by atomic mass is 9.99. The summed E-state index contributed by atoms with van der Waals surface area (Å²) >= 11 is 1.25. The van der Waals surface area contributed by atoms with Crippen LogP contribution in [0.3, 0.4) is 0 Å². The molecule has 7 heteroatoms. The van der Waals surface area contributed by atoms with E-state index in [1.54, 1.807) is 24.1 Å². The van der Waals surface area contributed by atoms with Crippen LogP contribution in [0, 0.1) is 5.82 Å². The number of anilines is 3. The molecule has 196 valence electrons. The molecule has 0 unspecified atom stereocenters. The zero-order valence-corrected chi connectivity index (χ0v) is 22.4. The van der Waals surface area contributed by atoms with Gasteiger partial charge in [0.25, 0.3) is 5.91 Å². The topological polar surface area (TPSA) is 68.5 Å². The number of carbonyl (C=O) groups is 1. The van der Waals surface area contributed by atoms with Crippen molar-refractivity contribution < 1.29 is 13.9 Å². The van der Waals surface area contributed by atoms with Crippen molar-refractivity contribution in [2.24, 2.45) is 0 Å². The number of pyridine rings is 1. The molecule has 0 saturated heterocycles. The fraction of sp³-hybridized carbons (Fsp3) is 0.0303. The van der Waals surface area contributed by atoms with Crippen LogP contribution >= 0.6 is 11.3 Å². The molecule has 2 N–H and O–H groups in total. The van der Waals surface area contributed by atoms with E-state index in [1.165, 1.54) is 23.5 Å². The molecule has 0 aliphatic heterocycles. The molecule has 0 spiro atoms. The van der Waals surface area contributed by atoms with E-state index in [-0.39, 0.29) is 11.7 Å². The van der Waals surface area contributed by atoms with E-state index in [2.05, 4.69) is 0 Å². The fourth-order valence-corrected chi connectivity index (χ4v) is 5.74. The van der Waals surface area contributed by atoms with Gasteiger partial charge in [0.1, 0.15) is 21.3 Å². The number of carbonyl (C=O) groups excluding carboxylic acids is 1. The van der Waals surface area contributed by atoms with Crippen LogP contribution in [0.2, 0.25) is 0 Å². The summed E-state index contributed by atoms with van der Waals surface area (Å²) < 4.78 is 19.1. The number of para-hydroxylation sites is 2. The van der Waals surface area contributed by atoms with Crippen molar-refractivity contribution in [3.63, 3.8) is 0 Å². The molecule has 0 aliphatic carbocycles. The Balaban J connectivity index is 1.55. The number of nitrogens with zero attached hydrogens (tertiary/aromatic N) is 2. The first kappa shape index (κ1) is 25.3. The molecule has 0 saturated carbocycles. The Morgan fingerprint density at radius 3 is 1.98 bits per heavy atom. The third-order valence-corrected chi connectivity index (χ3v) is 7.75. The van der Waals surface area contributed by atoms with Crippen LogP contribution in [-0.2, 0) is 0 Å². The van der Waals surface area contributed by atoms with Crippen LogP contribution < -0.4 is 15.4 Å². The summed E-state index contributed by atoms with van der Waals surface area (Å²) in [6, 6.07) is 34.7. The molecule has 2 aromatic heterocycles. The van der Waals surface area contributed by atoms with E-state index < -0.39 is 0 Å². The fourth-order valence-electron chi connectivity index (χ4n) is 4.69. The zero-order chi connectivity index (χ0) is 27.6. The van der Waals surface area contributed by atoms with Crippen LogP contribution in [0.4, 0.5) is 21.5 Å². The number of hydrogen-bond donors (Lipinski definition) is 1. The van der Waals surface area contributed by atoms with E-state index in [0.29, 0.717) is 26.5 Å². The predicted octanol–water partition coefficient (Wildman–Crippen LogP) is 8.34. The van der Waals surface area contributed by atoms with Gasteiger partial charge in [0.2, 0.25) is 0 Å². The first-order valence-electron chi connectivity index (χ1n) is 12.6. The van der Waals surface area contributed by atoms with Crippen LogP contribution in [-0.4, -0.2) is 18.0 Å². The first-order chi connectivity index (χ1) is 19.5. The minimum absolute atomic E-state index is 0.256. The van der Waals surface area contributed by atoms with Gasteiger partial charge in [0.05, 0.1) is 18.5 Å². The number of amides is 1. The summed E-state index contributed by atoms with van der Waals surface area (Å²) in [4.78, 5) is 21.8. The molecule has 1 amide bonds. The lowest BCUT2D eigenvalue weighted by Crippen LogP contribution is -2.25. The smallest absolute Gasteiger partial charge is 0.275 e. The third kappa shape index (κ3) is 4.67. The number of rotatable bonds is 6. The van der Waals surface area contributed by atoms with Crippen LogP contribution in [0.5, 0.6) is 5.75 Å². The summed E-state index contributed by atoms with van der Waals surface area (Å²) in [5, 5.41) is 0.665. The minimum atomic E-state index is -0.333. The minimum Gasteiger partial charge on any atom is -0.497 e. The van der Waals surface area contributed by atoms with E-state index in [0.717, 1.165) is 33.8 Å². The predicted molar refractivity (Wildman–Crippen MR) is 161 cm³/mol. The van der Waals surface area contributed by atoms with Gasteiger partial charge in [-0.05, 0) is 77.9 Å². The number of nitrogens with two attached hydrogens (primary N) is 1. The maximum atomic E-state index is 14.2. The van der Waals surface area contributed by atoms with Crippen molar-refractivity contribution >= 4 is 44.5 Å². The molecule has 0 fully saturated rings. The van der Waals surface area contributed by atoms with Crippen LogP contribution in [0.1, 0.15) is 9.67 Å². The molecule has 5 nitrogen and oxygen atoms in total. The van der Waals surface area contributed by atoms with Gasteiger partial charge in [-0.15, -0.1) is 11.3 Å². The van der Waals surface area contributed by atoms with Crippen molar-refractivity contribution in [3.05, 3.63) is 126 Å². The number of halogens is 1. The Bertz CT molecular complexity index is 1760. The van der Waals surface area contributed by atoms with E-state index >= 15 is 0 Å². The normalized spacial score (nSPS) is 10.9. The number of ether oxygens (including phenoxy) is 1. The average Bonchev–Trinajstić information content (AvgIpc) is 3.34. The third-order valence-electron chi connectivity index (χ3n) is 6.67. The molecular formula is C33H24FN3O2S. The van der Waals surface area contributed by atoms with Gasteiger partial charge in [-0.2, -0.15) is 0 Å². The molecule has 40 heavy (non-hydrogen) atoms. The van der Waals surface area contributed by atoms with Gasteiger partial charge >= 0.3 is 0 Å². The molecule has 6 aromatic rings. The molecule has 6 rings (SSSR count). The second kappa shape index (κ2) is 10.6. The molecule has 0 radical (unpaired) electrons. The number of hydrogen-bond acceptors (Lipinski definition) is 5. The van der Waals surface area contributed by atoms with Crippen molar-refractivity contribution in [1.82, 2.24) is 4.98 Å². The number of fused-ring (bicyclic) bond motifs is 1. The summed E-state index contributed by atoms with van der Waals surface area (Å²) in [7, 11) is 1.62. The van der Waals surface area contributed by atoms with Gasteiger partial charge < -0.3 is 10.5 Å². The lowest BCUT2D eigenvalue weighted by molar-refractivity contribution is 0.100. The van der Waals surface area contributed by atoms with E-state index in [4.69, 9.17) is 15.5 Å². The number of aromatic nitrogens is 1. The van der Waals surface area contributed by atoms with Gasteiger partial charge in [0, 0.05) is 22.3 Å². The van der Waals surface area contributed by atoms with E-state index in [1.807, 2.05) is 91.0 Å². The number of thiophene rings is 1. The highest BCUT2D eigenvalue weighted by molar-refractivity contribution is 7.21. The van der Waals surface area contributed by atoms with Gasteiger partial charge in [-0.3, -0.25) is 9.69 Å². The standard InChI is InChI=1S/C33H24FN3O2S/c1-39-26-18-14-22(15-19-26)28-20-27(21-12-16-23(34)17-13-21)29-30(35)31(40-32(29)36-28)33(38)37(24-8-4-2-5-9-24)25-10-6-3-7-11-25/h2-20H,35H2,1H3. The van der Waals surface area contributed by atoms with Gasteiger partial charge in [0.15, 0.2) is 0 Å². The summed E-state index contributed by atoms with van der Waals surface area (Å²) in [5.41, 5.74) is 11.7. The highest BCUT2D eigenvalue weighted by Crippen LogP contribution is 2.43. The number of methoxy groups -OCH3 is 1. The molecule has 0 aliphatic rings. The Morgan fingerprint density at radius 1 is 0.825 bits per heavy atom. The molecule has 0 atom stereocenters. The second-order valence-corrected chi connectivity index (χ2v) is 10.1. The molecule has 4 aromatic carbocycles. The number of nitrogen functional groups attached to an aromatic ring is 1. The molecule has 2 heterocycles. The number of benzene rings is 4. The zero-order valence-electron chi connectivity index (χ0n) is 21.5. The highest BCUT2D eigenvalue weighted by Gasteiger charge is 2.27. The Morgan fingerprint density at radius 2 is 1.40 bits per heavy atom. The van der Waals surface area contributed by atoms with Crippen molar-refractivity contribution in [1.29, 1.82) is 0 Å². The average molecular weight is 546 g/mol. The van der Waals surface area contributed by atoms with Crippen molar-refractivity contribution in [2.75, 3.05) is 17.7 Å². The largest absolute Gasteiger partial charge is 0.497 e. The summed E-state index contributed by atoms with van der Waals surface area (Å²) in [5.74, 6) is 0.146. The summed E-state index contributed by atoms with van der Waals surface area (Å²) in [6.07, 6.45) is 0. The second-order valence-electron chi connectivity index (χ2n) is 9.13. The van der Waals surface area contributed by atoms with Crippen LogP contribution in [0.15, 0.2) is 115 Å². The summed E-state index contributed by atoms with van der Waals surface area (Å²) in [6.45, 7) is 0. The molecular weight excluding hydrogens is 521 g/mol. The Labute approximate surface area is 234 Å². The Kier molecular flexibility index (Phi) is 6.72. The van der Waals surface area contributed by atoms with Crippen molar-refractivity contribution in [2.45, 2.75) is 0 Å². The highest BCUT2D eigenvalue weighted by atomic mass is 32.1. The lowest BCUT2D eigenvalue weighted by Gasteiger charge is -2.22. The van der Waals surface area contributed by atoms with Crippen LogP contribution in [0.25, 0.3) is 32.6 Å². The maximum Gasteiger partial charge on any atom is 0.275 e. The Hall–Kier alpha value is -5.01. The molecule has 0 bridgehead atoms. The first-order valence-corrected chi connectivity index (χ1v) is 13.4. The monoisotopic (exact) mass is 545 g/mol. The maximum absolute atomic E-state index is 14.2. The van der Waals surface area contributed by atoms with E-state index in [9.17, 15) is 9.18 Å². The van der Waals surface area contributed by atoms with Crippen molar-refractivity contribution in [3.8, 4) is 28.1 Å². The quantitative estimate of drug-likeness (QED) is 0.228. The van der Waals surface area contributed by atoms with Gasteiger partial charge in [-0.25, -0.2) is 9.37 Å².